The third kappa shape index (κ3) is 5.47. The number of halogens is 2. The van der Waals surface area contributed by atoms with Crippen LogP contribution in [0.3, 0.4) is 0 Å². The number of carbonyl (C=O) groups is 2. The molecule has 1 amide bonds. The summed E-state index contributed by atoms with van der Waals surface area (Å²) in [6, 6.07) is 12.4. The van der Waals surface area contributed by atoms with Crippen LogP contribution in [0, 0.1) is 0 Å². The highest BCUT2D eigenvalue weighted by Crippen LogP contribution is 2.31. The number of rotatable bonds is 7. The van der Waals surface area contributed by atoms with Gasteiger partial charge in [-0.25, -0.2) is 4.98 Å². The van der Waals surface area contributed by atoms with E-state index < -0.39 is 18.4 Å². The maximum Gasteiger partial charge on any atom is 0.322 e. The minimum atomic E-state index is -1.08. The molecule has 0 aliphatic heterocycles. The Morgan fingerprint density at radius 3 is 2.52 bits per heavy atom. The number of anilines is 1. The number of aliphatic carboxylic acids is 1. The lowest BCUT2D eigenvalue weighted by Crippen LogP contribution is -2.29. The average Bonchev–Trinajstić information content (AvgIpc) is 3.19. The lowest BCUT2D eigenvalue weighted by molar-refractivity contribution is -0.135. The Bertz CT molecular complexity index is 1040. The molecule has 1 heterocycles. The highest BCUT2D eigenvalue weighted by Gasteiger charge is 2.12. The van der Waals surface area contributed by atoms with E-state index in [-0.39, 0.29) is 0 Å². The smallest absolute Gasteiger partial charge is 0.322 e. The molecule has 0 spiro atoms. The SMILES string of the molecule is CN(Cc1ccc(C(=O)NCC(=O)O)cc1)c1nc(-c2ccc(Cl)c(Cl)c2)cs1. The number of nitrogens with one attached hydrogen (secondary N) is 1. The molecule has 0 saturated heterocycles. The summed E-state index contributed by atoms with van der Waals surface area (Å²) in [4.78, 5) is 29.1. The Balaban J connectivity index is 1.65. The summed E-state index contributed by atoms with van der Waals surface area (Å²) < 4.78 is 0. The number of benzene rings is 2. The van der Waals surface area contributed by atoms with Gasteiger partial charge in [-0.2, -0.15) is 0 Å². The molecule has 0 atom stereocenters. The van der Waals surface area contributed by atoms with Crippen molar-refractivity contribution >= 4 is 51.5 Å². The van der Waals surface area contributed by atoms with Crippen LogP contribution in [0.2, 0.25) is 10.0 Å². The highest BCUT2D eigenvalue weighted by molar-refractivity contribution is 7.14. The van der Waals surface area contributed by atoms with E-state index in [1.54, 1.807) is 24.3 Å². The monoisotopic (exact) mass is 449 g/mol. The molecule has 0 radical (unpaired) electrons. The molecule has 2 aromatic carbocycles. The molecule has 29 heavy (non-hydrogen) atoms. The second-order valence-electron chi connectivity index (χ2n) is 6.27. The first kappa shape index (κ1) is 21.1. The summed E-state index contributed by atoms with van der Waals surface area (Å²) in [6.07, 6.45) is 0. The Morgan fingerprint density at radius 1 is 1.14 bits per heavy atom. The van der Waals surface area contributed by atoms with Gasteiger partial charge in [0.05, 0.1) is 15.7 Å². The zero-order valence-corrected chi connectivity index (χ0v) is 17.7. The van der Waals surface area contributed by atoms with Crippen molar-refractivity contribution in [2.75, 3.05) is 18.5 Å². The van der Waals surface area contributed by atoms with E-state index in [0.717, 1.165) is 22.0 Å². The number of amides is 1. The van der Waals surface area contributed by atoms with Gasteiger partial charge in [0.15, 0.2) is 5.13 Å². The molecule has 2 N–H and O–H groups in total. The lowest BCUT2D eigenvalue weighted by Gasteiger charge is -2.16. The topological polar surface area (TPSA) is 82.5 Å². The number of hydrogen-bond donors (Lipinski definition) is 2. The molecule has 0 saturated carbocycles. The number of aromatic nitrogens is 1. The summed E-state index contributed by atoms with van der Waals surface area (Å²) >= 11 is 13.6. The van der Waals surface area contributed by atoms with Crippen molar-refractivity contribution < 1.29 is 14.7 Å². The Kier molecular flexibility index (Phi) is 6.74. The maximum absolute atomic E-state index is 11.9. The third-order valence-corrected chi connectivity index (χ3v) is 5.76. The van der Waals surface area contributed by atoms with Crippen LogP contribution < -0.4 is 10.2 Å². The standard InChI is InChI=1S/C20H17Cl2N3O3S/c1-25(10-12-2-4-13(5-3-12)19(28)23-9-18(26)27)20-24-17(11-29-20)14-6-7-15(21)16(22)8-14/h2-8,11H,9-10H2,1H3,(H,23,28)(H,26,27). The number of carbonyl (C=O) groups excluding carboxylic acids is 1. The van der Waals surface area contributed by atoms with Gasteiger partial charge in [-0.15, -0.1) is 11.3 Å². The lowest BCUT2D eigenvalue weighted by atomic mass is 10.1. The normalized spacial score (nSPS) is 10.6. The molecule has 1 aromatic heterocycles. The van der Waals surface area contributed by atoms with E-state index in [2.05, 4.69) is 10.3 Å². The van der Waals surface area contributed by atoms with Crippen LogP contribution in [0.1, 0.15) is 15.9 Å². The minimum Gasteiger partial charge on any atom is -0.480 e. The molecule has 0 unspecified atom stereocenters. The molecule has 9 heteroatoms. The largest absolute Gasteiger partial charge is 0.480 e. The third-order valence-electron chi connectivity index (χ3n) is 4.07. The molecule has 150 valence electrons. The van der Waals surface area contributed by atoms with Crippen molar-refractivity contribution in [3.8, 4) is 11.3 Å². The first-order valence-electron chi connectivity index (χ1n) is 8.54. The zero-order valence-electron chi connectivity index (χ0n) is 15.4. The zero-order chi connectivity index (χ0) is 21.0. The van der Waals surface area contributed by atoms with Crippen molar-refractivity contribution in [1.29, 1.82) is 0 Å². The Morgan fingerprint density at radius 2 is 1.86 bits per heavy atom. The van der Waals surface area contributed by atoms with Gasteiger partial charge < -0.3 is 15.3 Å². The molecule has 3 aromatic rings. The quantitative estimate of drug-likeness (QED) is 0.551. The van der Waals surface area contributed by atoms with Gasteiger partial charge in [-0.1, -0.05) is 41.4 Å². The van der Waals surface area contributed by atoms with Gasteiger partial charge in [-0.3, -0.25) is 9.59 Å². The van der Waals surface area contributed by atoms with Crippen molar-refractivity contribution in [3.05, 3.63) is 69.0 Å². The number of carboxylic acids is 1. The van der Waals surface area contributed by atoms with Crippen LogP contribution in [0.15, 0.2) is 47.8 Å². The van der Waals surface area contributed by atoms with E-state index in [4.69, 9.17) is 28.3 Å². The molecule has 0 bridgehead atoms. The molecular weight excluding hydrogens is 433 g/mol. The van der Waals surface area contributed by atoms with Crippen molar-refractivity contribution in [2.45, 2.75) is 6.54 Å². The fourth-order valence-corrected chi connectivity index (χ4v) is 3.69. The van der Waals surface area contributed by atoms with Crippen LogP contribution in [-0.4, -0.2) is 35.6 Å². The van der Waals surface area contributed by atoms with E-state index in [9.17, 15) is 9.59 Å². The van der Waals surface area contributed by atoms with Crippen LogP contribution >= 0.6 is 34.5 Å². The van der Waals surface area contributed by atoms with Gasteiger partial charge in [-0.05, 0) is 29.8 Å². The van der Waals surface area contributed by atoms with Gasteiger partial charge in [0, 0.05) is 30.1 Å². The summed E-state index contributed by atoms with van der Waals surface area (Å²) in [7, 11) is 1.94. The average molecular weight is 450 g/mol. The van der Waals surface area contributed by atoms with Gasteiger partial charge in [0.2, 0.25) is 0 Å². The van der Waals surface area contributed by atoms with Gasteiger partial charge in [0.25, 0.3) is 5.91 Å². The van der Waals surface area contributed by atoms with Crippen LogP contribution in [-0.2, 0) is 11.3 Å². The minimum absolute atomic E-state index is 0.408. The fourth-order valence-electron chi connectivity index (χ4n) is 2.59. The van der Waals surface area contributed by atoms with Crippen LogP contribution in [0.25, 0.3) is 11.3 Å². The van der Waals surface area contributed by atoms with E-state index >= 15 is 0 Å². The van der Waals surface area contributed by atoms with Gasteiger partial charge in [0.1, 0.15) is 6.54 Å². The number of nitrogens with zero attached hydrogens (tertiary/aromatic N) is 2. The van der Waals surface area contributed by atoms with E-state index in [1.165, 1.54) is 11.3 Å². The van der Waals surface area contributed by atoms with E-state index in [1.807, 2.05) is 35.5 Å². The highest BCUT2D eigenvalue weighted by atomic mass is 35.5. The predicted molar refractivity (Wildman–Crippen MR) is 116 cm³/mol. The molecular formula is C20H17Cl2N3O3S. The number of hydrogen-bond acceptors (Lipinski definition) is 5. The van der Waals surface area contributed by atoms with Crippen molar-refractivity contribution in [1.82, 2.24) is 10.3 Å². The second-order valence-corrected chi connectivity index (χ2v) is 7.92. The van der Waals surface area contributed by atoms with Crippen molar-refractivity contribution in [2.24, 2.45) is 0 Å². The molecule has 6 nitrogen and oxygen atoms in total. The van der Waals surface area contributed by atoms with Crippen LogP contribution in [0.5, 0.6) is 0 Å². The molecule has 0 aliphatic rings. The van der Waals surface area contributed by atoms with Gasteiger partial charge >= 0.3 is 5.97 Å². The number of thiazole rings is 1. The first-order valence-corrected chi connectivity index (χ1v) is 10.2. The summed E-state index contributed by atoms with van der Waals surface area (Å²) in [6.45, 7) is 0.194. The maximum atomic E-state index is 11.9. The fraction of sp³-hybridized carbons (Fsp3) is 0.150. The summed E-state index contributed by atoms with van der Waals surface area (Å²) in [5.74, 6) is -1.50. The molecule has 3 rings (SSSR count). The summed E-state index contributed by atoms with van der Waals surface area (Å²) in [5, 5.41) is 14.7. The Hall–Kier alpha value is -2.61. The number of carboxylic acid groups (broad SMARTS) is 1. The van der Waals surface area contributed by atoms with Crippen LogP contribution in [0.4, 0.5) is 5.13 Å². The van der Waals surface area contributed by atoms with Crippen molar-refractivity contribution in [3.63, 3.8) is 0 Å². The predicted octanol–water partition coefficient (Wildman–Crippen LogP) is 4.57. The summed E-state index contributed by atoms with van der Waals surface area (Å²) in [5.41, 5.74) is 3.12. The molecule has 0 aliphatic carbocycles. The molecule has 0 fully saturated rings. The first-order chi connectivity index (χ1) is 13.8. The van der Waals surface area contributed by atoms with E-state index in [0.29, 0.717) is 22.2 Å². The Labute approximate surface area is 181 Å². The second kappa shape index (κ2) is 9.26.